The maximum absolute atomic E-state index is 11.6. The highest BCUT2D eigenvalue weighted by molar-refractivity contribution is 5.75. The zero-order chi connectivity index (χ0) is 13.2. The molecule has 5 nitrogen and oxygen atoms in total. The lowest BCUT2D eigenvalue weighted by molar-refractivity contribution is -0.121. The predicted octanol–water partition coefficient (Wildman–Crippen LogP) is 1.31. The minimum Gasteiger partial charge on any atom is -0.350 e. The van der Waals surface area contributed by atoms with Crippen molar-refractivity contribution >= 4 is 5.91 Å². The second-order valence-corrected chi connectivity index (χ2v) is 4.32. The fourth-order valence-electron chi connectivity index (χ4n) is 1.66. The Morgan fingerprint density at radius 2 is 2.11 bits per heavy atom. The zero-order valence-corrected chi connectivity index (χ0v) is 11.0. The molecular formula is C13H22N4O. The van der Waals surface area contributed by atoms with Gasteiger partial charge in [0.05, 0.1) is 12.2 Å². The SMILES string of the molecule is Cc1nccc(CNC(=O)CCCCCCN)n1. The maximum Gasteiger partial charge on any atom is 0.220 e. The number of unbranched alkanes of at least 4 members (excludes halogenated alkanes) is 3. The minimum absolute atomic E-state index is 0.0824. The molecule has 1 aromatic heterocycles. The molecular weight excluding hydrogens is 228 g/mol. The van der Waals surface area contributed by atoms with Gasteiger partial charge in [0.2, 0.25) is 5.91 Å². The first-order valence-corrected chi connectivity index (χ1v) is 6.47. The monoisotopic (exact) mass is 250 g/mol. The number of carbonyl (C=O) groups is 1. The van der Waals surface area contributed by atoms with Crippen molar-refractivity contribution in [3.63, 3.8) is 0 Å². The van der Waals surface area contributed by atoms with E-state index in [4.69, 9.17) is 5.73 Å². The van der Waals surface area contributed by atoms with Crippen LogP contribution >= 0.6 is 0 Å². The highest BCUT2D eigenvalue weighted by Gasteiger charge is 2.02. The van der Waals surface area contributed by atoms with E-state index in [-0.39, 0.29) is 5.91 Å². The Morgan fingerprint density at radius 3 is 2.83 bits per heavy atom. The van der Waals surface area contributed by atoms with Crippen molar-refractivity contribution in [2.75, 3.05) is 6.54 Å². The summed E-state index contributed by atoms with van der Waals surface area (Å²) >= 11 is 0. The summed E-state index contributed by atoms with van der Waals surface area (Å²) in [7, 11) is 0. The Balaban J connectivity index is 2.13. The molecule has 0 aromatic carbocycles. The molecule has 0 radical (unpaired) electrons. The molecule has 1 rings (SSSR count). The summed E-state index contributed by atoms with van der Waals surface area (Å²) in [5.41, 5.74) is 6.25. The van der Waals surface area contributed by atoms with Crippen LogP contribution in [0.2, 0.25) is 0 Å². The lowest BCUT2D eigenvalue weighted by atomic mass is 10.1. The van der Waals surface area contributed by atoms with Gasteiger partial charge in [-0.05, 0) is 32.4 Å². The molecule has 0 unspecified atom stereocenters. The molecule has 1 aromatic rings. The van der Waals surface area contributed by atoms with Crippen molar-refractivity contribution in [1.29, 1.82) is 0 Å². The Labute approximate surface area is 108 Å². The van der Waals surface area contributed by atoms with Crippen LogP contribution in [0.15, 0.2) is 12.3 Å². The van der Waals surface area contributed by atoms with Crippen LogP contribution in [0.3, 0.4) is 0 Å². The third-order valence-electron chi connectivity index (χ3n) is 2.66. The van der Waals surface area contributed by atoms with Crippen LogP contribution in [0.1, 0.15) is 43.6 Å². The number of amides is 1. The van der Waals surface area contributed by atoms with E-state index in [0.29, 0.717) is 13.0 Å². The fourth-order valence-corrected chi connectivity index (χ4v) is 1.66. The quantitative estimate of drug-likeness (QED) is 0.682. The number of hydrogen-bond acceptors (Lipinski definition) is 4. The van der Waals surface area contributed by atoms with Gasteiger partial charge in [0, 0.05) is 12.6 Å². The number of aromatic nitrogens is 2. The second-order valence-electron chi connectivity index (χ2n) is 4.32. The van der Waals surface area contributed by atoms with Gasteiger partial charge in [0.1, 0.15) is 5.82 Å². The molecule has 0 saturated heterocycles. The molecule has 5 heteroatoms. The first kappa shape index (κ1) is 14.6. The van der Waals surface area contributed by atoms with E-state index in [1.165, 1.54) is 0 Å². The van der Waals surface area contributed by atoms with Gasteiger partial charge in [-0.3, -0.25) is 4.79 Å². The number of hydrogen-bond donors (Lipinski definition) is 2. The minimum atomic E-state index is 0.0824. The molecule has 100 valence electrons. The number of aryl methyl sites for hydroxylation is 1. The fraction of sp³-hybridized carbons (Fsp3) is 0.615. The molecule has 0 aliphatic carbocycles. The third-order valence-corrected chi connectivity index (χ3v) is 2.66. The summed E-state index contributed by atoms with van der Waals surface area (Å²) in [6.45, 7) is 3.05. The summed E-state index contributed by atoms with van der Waals surface area (Å²) in [6, 6.07) is 1.81. The van der Waals surface area contributed by atoms with Crippen molar-refractivity contribution in [2.24, 2.45) is 5.73 Å². The molecule has 1 amide bonds. The van der Waals surface area contributed by atoms with Gasteiger partial charge < -0.3 is 11.1 Å². The first-order valence-electron chi connectivity index (χ1n) is 6.47. The average molecular weight is 250 g/mol. The summed E-state index contributed by atoms with van der Waals surface area (Å²) in [5, 5.41) is 2.86. The van der Waals surface area contributed by atoms with Crippen molar-refractivity contribution in [1.82, 2.24) is 15.3 Å². The van der Waals surface area contributed by atoms with E-state index in [2.05, 4.69) is 15.3 Å². The highest BCUT2D eigenvalue weighted by atomic mass is 16.1. The Morgan fingerprint density at radius 1 is 1.33 bits per heavy atom. The van der Waals surface area contributed by atoms with E-state index in [0.717, 1.165) is 43.7 Å². The van der Waals surface area contributed by atoms with Gasteiger partial charge in [0.15, 0.2) is 0 Å². The van der Waals surface area contributed by atoms with Gasteiger partial charge in [-0.25, -0.2) is 9.97 Å². The van der Waals surface area contributed by atoms with E-state index in [1.807, 2.05) is 13.0 Å². The summed E-state index contributed by atoms with van der Waals surface area (Å²) in [6.07, 6.45) is 6.42. The molecule has 18 heavy (non-hydrogen) atoms. The van der Waals surface area contributed by atoms with Crippen LogP contribution in [0.5, 0.6) is 0 Å². The van der Waals surface area contributed by atoms with Gasteiger partial charge in [0.25, 0.3) is 0 Å². The number of carbonyl (C=O) groups excluding carboxylic acids is 1. The largest absolute Gasteiger partial charge is 0.350 e. The number of nitrogens with two attached hydrogens (primary N) is 1. The molecule has 0 aliphatic rings. The van der Waals surface area contributed by atoms with Crippen LogP contribution in [-0.2, 0) is 11.3 Å². The van der Waals surface area contributed by atoms with Crippen molar-refractivity contribution in [3.05, 3.63) is 23.8 Å². The van der Waals surface area contributed by atoms with Crippen LogP contribution in [-0.4, -0.2) is 22.4 Å². The summed E-state index contributed by atoms with van der Waals surface area (Å²) in [4.78, 5) is 19.8. The van der Waals surface area contributed by atoms with Crippen LogP contribution < -0.4 is 11.1 Å². The normalized spacial score (nSPS) is 10.3. The number of nitrogens with one attached hydrogen (secondary N) is 1. The smallest absolute Gasteiger partial charge is 0.220 e. The summed E-state index contributed by atoms with van der Waals surface area (Å²) < 4.78 is 0. The van der Waals surface area contributed by atoms with Crippen LogP contribution in [0.25, 0.3) is 0 Å². The van der Waals surface area contributed by atoms with Crippen molar-refractivity contribution in [2.45, 2.75) is 45.6 Å². The molecule has 0 saturated carbocycles. The van der Waals surface area contributed by atoms with E-state index in [9.17, 15) is 4.79 Å². The summed E-state index contributed by atoms with van der Waals surface area (Å²) in [5.74, 6) is 0.808. The molecule has 0 spiro atoms. The Kier molecular flexibility index (Phi) is 6.94. The van der Waals surface area contributed by atoms with Gasteiger partial charge in [-0.15, -0.1) is 0 Å². The molecule has 0 atom stereocenters. The number of rotatable bonds is 8. The van der Waals surface area contributed by atoms with Crippen molar-refractivity contribution in [3.8, 4) is 0 Å². The zero-order valence-electron chi connectivity index (χ0n) is 11.0. The molecule has 0 fully saturated rings. The van der Waals surface area contributed by atoms with Gasteiger partial charge in [-0.2, -0.15) is 0 Å². The molecule has 1 heterocycles. The lowest BCUT2D eigenvalue weighted by Crippen LogP contribution is -2.23. The maximum atomic E-state index is 11.6. The van der Waals surface area contributed by atoms with Crippen LogP contribution in [0.4, 0.5) is 0 Å². The average Bonchev–Trinajstić information content (AvgIpc) is 2.36. The van der Waals surface area contributed by atoms with E-state index in [1.54, 1.807) is 6.20 Å². The lowest BCUT2D eigenvalue weighted by Gasteiger charge is -2.05. The topological polar surface area (TPSA) is 80.9 Å². The Hall–Kier alpha value is -1.49. The highest BCUT2D eigenvalue weighted by Crippen LogP contribution is 2.02. The standard InChI is InChI=1S/C13H22N4O/c1-11-15-9-7-12(17-11)10-16-13(18)6-4-2-3-5-8-14/h7,9H,2-6,8,10,14H2,1H3,(H,16,18). The van der Waals surface area contributed by atoms with Gasteiger partial charge in [-0.1, -0.05) is 12.8 Å². The second kappa shape index (κ2) is 8.58. The number of nitrogens with zero attached hydrogens (tertiary/aromatic N) is 2. The van der Waals surface area contributed by atoms with E-state index >= 15 is 0 Å². The molecule has 3 N–H and O–H groups in total. The molecule has 0 bridgehead atoms. The predicted molar refractivity (Wildman–Crippen MR) is 70.8 cm³/mol. The molecule has 0 aliphatic heterocycles. The third kappa shape index (κ3) is 6.30. The van der Waals surface area contributed by atoms with Gasteiger partial charge >= 0.3 is 0 Å². The van der Waals surface area contributed by atoms with E-state index < -0.39 is 0 Å². The van der Waals surface area contributed by atoms with Crippen molar-refractivity contribution < 1.29 is 4.79 Å². The first-order chi connectivity index (χ1) is 8.72. The van der Waals surface area contributed by atoms with Crippen LogP contribution in [0, 0.1) is 6.92 Å². The Bertz CT molecular complexity index is 368.